The van der Waals surface area contributed by atoms with Crippen LogP contribution < -0.4 is 10.0 Å². The average Bonchev–Trinajstić information content (AvgIpc) is 3.21. The number of nitrogens with zero attached hydrogens (tertiary/aromatic N) is 1. The number of benzene rings is 1. The molecule has 2 heterocycles. The summed E-state index contributed by atoms with van der Waals surface area (Å²) in [5.74, 6) is -1.42. The molecule has 0 bridgehead atoms. The first-order valence-electron chi connectivity index (χ1n) is 14.1. The number of ether oxygens (including phenoxy) is 1. The number of rotatable bonds is 7. The van der Waals surface area contributed by atoms with Gasteiger partial charge in [0.05, 0.1) is 21.6 Å². The van der Waals surface area contributed by atoms with Gasteiger partial charge in [0.1, 0.15) is 5.82 Å². The van der Waals surface area contributed by atoms with Gasteiger partial charge in [0.15, 0.2) is 0 Å². The fourth-order valence-electron chi connectivity index (χ4n) is 5.45. The van der Waals surface area contributed by atoms with Gasteiger partial charge >= 0.3 is 6.18 Å². The van der Waals surface area contributed by atoms with Crippen molar-refractivity contribution in [3.8, 4) is 11.3 Å². The Labute approximate surface area is 239 Å². The van der Waals surface area contributed by atoms with Crippen LogP contribution in [0.25, 0.3) is 11.3 Å². The Morgan fingerprint density at radius 2 is 1.66 bits per heavy atom. The van der Waals surface area contributed by atoms with E-state index in [1.807, 2.05) is 9.29 Å². The van der Waals surface area contributed by atoms with Crippen LogP contribution in [0.15, 0.2) is 18.2 Å². The topological polar surface area (TPSA) is 89.4 Å². The molecule has 0 unspecified atom stereocenters. The van der Waals surface area contributed by atoms with Crippen LogP contribution in [0, 0.1) is 18.7 Å². The van der Waals surface area contributed by atoms with Crippen LogP contribution in [0.3, 0.4) is 0 Å². The first-order chi connectivity index (χ1) is 19.1. The number of sulfonamides is 1. The van der Waals surface area contributed by atoms with Gasteiger partial charge in [-0.25, -0.2) is 12.8 Å². The average molecular weight is 602 g/mol. The summed E-state index contributed by atoms with van der Waals surface area (Å²) in [5, 5.41) is 3.00. The molecular formula is C29H39F4N3O4S. The van der Waals surface area contributed by atoms with E-state index in [4.69, 9.17) is 4.74 Å². The van der Waals surface area contributed by atoms with Gasteiger partial charge in [-0.1, -0.05) is 19.3 Å². The van der Waals surface area contributed by atoms with E-state index in [1.54, 1.807) is 6.92 Å². The van der Waals surface area contributed by atoms with Crippen LogP contribution in [0.2, 0.25) is 0 Å². The predicted octanol–water partition coefficient (Wildman–Crippen LogP) is 6.65. The smallest absolute Gasteiger partial charge is 0.381 e. The van der Waals surface area contributed by atoms with E-state index in [-0.39, 0.29) is 29.1 Å². The van der Waals surface area contributed by atoms with Gasteiger partial charge in [-0.2, -0.15) is 13.2 Å². The molecule has 0 radical (unpaired) electrons. The number of nitrogens with one attached hydrogen (secondary N) is 2. The highest BCUT2D eigenvalue weighted by Gasteiger charge is 2.39. The predicted molar refractivity (Wildman–Crippen MR) is 150 cm³/mol. The molecular weight excluding hydrogens is 562 g/mol. The number of alkyl halides is 3. The zero-order valence-corrected chi connectivity index (χ0v) is 24.8. The summed E-state index contributed by atoms with van der Waals surface area (Å²) < 4.78 is 91.1. The Balaban J connectivity index is 1.81. The molecule has 1 amide bonds. The molecule has 1 saturated carbocycles. The van der Waals surface area contributed by atoms with Crippen LogP contribution >= 0.6 is 0 Å². The quantitative estimate of drug-likeness (QED) is 0.348. The third-order valence-corrected chi connectivity index (χ3v) is 10.2. The molecule has 12 heteroatoms. The molecule has 1 aromatic carbocycles. The van der Waals surface area contributed by atoms with Crippen LogP contribution in [0.5, 0.6) is 0 Å². The Kier molecular flexibility index (Phi) is 9.13. The van der Waals surface area contributed by atoms with Crippen molar-refractivity contribution in [2.24, 2.45) is 5.92 Å². The van der Waals surface area contributed by atoms with Crippen molar-refractivity contribution in [2.75, 3.05) is 17.9 Å². The SMILES string of the molecule is Cc1c(C(=O)NC2CCOCC2)cc(-c2cc(F)c(NS(=O)(=O)C(C)(C)C)c(C(F)(F)F)c2)n1CC1CCCCC1. The number of amides is 1. The molecule has 1 aromatic heterocycles. The molecule has 2 N–H and O–H groups in total. The van der Waals surface area contributed by atoms with Crippen LogP contribution in [0.1, 0.15) is 87.3 Å². The zero-order chi connectivity index (χ0) is 30.2. The molecule has 4 rings (SSSR count). The molecule has 7 nitrogen and oxygen atoms in total. The molecule has 2 aliphatic rings. The van der Waals surface area contributed by atoms with E-state index < -0.39 is 38.0 Å². The molecule has 228 valence electrons. The van der Waals surface area contributed by atoms with Gasteiger partial charge in [0, 0.05) is 42.8 Å². The number of aromatic nitrogens is 1. The van der Waals surface area contributed by atoms with Gasteiger partial charge < -0.3 is 14.6 Å². The Bertz CT molecular complexity index is 1370. The minimum atomic E-state index is -5.05. The van der Waals surface area contributed by atoms with Gasteiger partial charge in [-0.3, -0.25) is 9.52 Å². The maximum Gasteiger partial charge on any atom is 0.418 e. The number of hydrogen-bond donors (Lipinski definition) is 2. The molecule has 1 aliphatic heterocycles. The summed E-state index contributed by atoms with van der Waals surface area (Å²) in [5.41, 5.74) is -1.49. The van der Waals surface area contributed by atoms with E-state index in [2.05, 4.69) is 5.32 Å². The third-order valence-electron chi connectivity index (χ3n) is 8.07. The van der Waals surface area contributed by atoms with Crippen molar-refractivity contribution in [3.63, 3.8) is 0 Å². The summed E-state index contributed by atoms with van der Waals surface area (Å²) in [6.45, 7) is 7.21. The van der Waals surface area contributed by atoms with E-state index in [9.17, 15) is 26.4 Å². The minimum absolute atomic E-state index is 0.0785. The third kappa shape index (κ3) is 7.07. The fraction of sp³-hybridized carbons (Fsp3) is 0.621. The number of hydrogen-bond acceptors (Lipinski definition) is 4. The van der Waals surface area contributed by atoms with Gasteiger partial charge in [-0.15, -0.1) is 0 Å². The van der Waals surface area contributed by atoms with Crippen molar-refractivity contribution >= 4 is 21.6 Å². The van der Waals surface area contributed by atoms with E-state index >= 15 is 4.39 Å². The first-order valence-corrected chi connectivity index (χ1v) is 15.6. The van der Waals surface area contributed by atoms with Crippen molar-refractivity contribution in [3.05, 3.63) is 40.8 Å². The molecule has 1 aliphatic carbocycles. The Morgan fingerprint density at radius 1 is 1.02 bits per heavy atom. The highest BCUT2D eigenvalue weighted by atomic mass is 32.2. The standard InChI is InChI=1S/C29H39F4N3O4S/c1-18-22(27(37)34-21-10-12-40-13-11-21)16-25(36(18)17-19-8-6-5-7-9-19)20-14-23(29(31,32)33)26(24(30)15-20)35-41(38,39)28(2,3)4/h14-16,19,21,35H,5-13,17H2,1-4H3,(H,34,37). The van der Waals surface area contributed by atoms with Gasteiger partial charge in [-0.05, 0) is 77.5 Å². The first kappa shape index (κ1) is 31.3. The maximum absolute atomic E-state index is 15.5. The molecule has 1 saturated heterocycles. The monoisotopic (exact) mass is 601 g/mol. The largest absolute Gasteiger partial charge is 0.418 e. The Hall–Kier alpha value is -2.60. The van der Waals surface area contributed by atoms with E-state index in [1.165, 1.54) is 26.8 Å². The lowest BCUT2D eigenvalue weighted by Crippen LogP contribution is -2.39. The lowest BCUT2D eigenvalue weighted by atomic mass is 9.89. The summed E-state index contributed by atoms with van der Waals surface area (Å²) in [6, 6.07) is 3.10. The highest BCUT2D eigenvalue weighted by Crippen LogP contribution is 2.41. The van der Waals surface area contributed by atoms with Gasteiger partial charge in [0.2, 0.25) is 10.0 Å². The van der Waals surface area contributed by atoms with Crippen LogP contribution in [-0.2, 0) is 27.5 Å². The molecule has 2 aromatic rings. The zero-order valence-electron chi connectivity index (χ0n) is 24.0. The Morgan fingerprint density at radius 3 is 2.24 bits per heavy atom. The molecule has 41 heavy (non-hydrogen) atoms. The molecule has 0 spiro atoms. The summed E-state index contributed by atoms with van der Waals surface area (Å²) in [7, 11) is -4.35. The van der Waals surface area contributed by atoms with Gasteiger partial charge in [0.25, 0.3) is 5.91 Å². The van der Waals surface area contributed by atoms with E-state index in [0.717, 1.165) is 44.2 Å². The second-order valence-electron chi connectivity index (χ2n) is 12.1. The molecule has 0 atom stereocenters. The summed E-state index contributed by atoms with van der Waals surface area (Å²) >= 11 is 0. The second kappa shape index (κ2) is 11.9. The number of carbonyl (C=O) groups excluding carboxylic acids is 1. The van der Waals surface area contributed by atoms with Crippen molar-refractivity contribution in [2.45, 2.75) is 96.2 Å². The highest BCUT2D eigenvalue weighted by molar-refractivity contribution is 7.94. The van der Waals surface area contributed by atoms with Crippen LogP contribution in [0.4, 0.5) is 23.2 Å². The fourth-order valence-corrected chi connectivity index (χ4v) is 6.23. The maximum atomic E-state index is 15.5. The number of anilines is 1. The van der Waals surface area contributed by atoms with Crippen molar-refractivity contribution in [1.29, 1.82) is 0 Å². The molecule has 2 fully saturated rings. The van der Waals surface area contributed by atoms with Crippen LogP contribution in [-0.4, -0.2) is 42.9 Å². The van der Waals surface area contributed by atoms with E-state index in [0.29, 0.717) is 43.9 Å². The number of carbonyl (C=O) groups is 1. The second-order valence-corrected chi connectivity index (χ2v) is 14.5. The lowest BCUT2D eigenvalue weighted by Gasteiger charge is -2.25. The number of halogens is 4. The summed E-state index contributed by atoms with van der Waals surface area (Å²) in [6.07, 6.45) is 1.40. The van der Waals surface area contributed by atoms with Crippen molar-refractivity contribution < 1.29 is 35.5 Å². The van der Waals surface area contributed by atoms with Crippen molar-refractivity contribution in [1.82, 2.24) is 9.88 Å². The summed E-state index contributed by atoms with van der Waals surface area (Å²) in [4.78, 5) is 13.3. The normalized spacial score (nSPS) is 18.0. The lowest BCUT2D eigenvalue weighted by molar-refractivity contribution is -0.137. The minimum Gasteiger partial charge on any atom is -0.381 e.